The van der Waals surface area contributed by atoms with Crippen LogP contribution in [-0.2, 0) is 6.54 Å². The van der Waals surface area contributed by atoms with Crippen LogP contribution in [0.3, 0.4) is 0 Å². The fraction of sp³-hybridized carbons (Fsp3) is 0.615. The minimum atomic E-state index is 0.156. The number of urea groups is 1. The molecule has 0 aliphatic carbocycles. The van der Waals surface area contributed by atoms with Crippen LogP contribution in [0.4, 0.5) is 4.79 Å². The molecule has 0 spiro atoms. The Morgan fingerprint density at radius 3 is 3.06 bits per heavy atom. The molecule has 18 heavy (non-hydrogen) atoms. The van der Waals surface area contributed by atoms with Crippen molar-refractivity contribution in [3.8, 4) is 0 Å². The van der Waals surface area contributed by atoms with E-state index in [1.807, 2.05) is 16.8 Å². The fourth-order valence-corrected chi connectivity index (χ4v) is 3.58. The van der Waals surface area contributed by atoms with Crippen LogP contribution in [0.5, 0.6) is 0 Å². The zero-order valence-corrected chi connectivity index (χ0v) is 13.3. The molecule has 1 fully saturated rings. The number of halogens is 1. The Morgan fingerprint density at radius 2 is 2.44 bits per heavy atom. The maximum absolute atomic E-state index is 12.3. The Balaban J connectivity index is 1.91. The molecule has 1 atom stereocenters. The molecule has 3 nitrogen and oxygen atoms in total. The van der Waals surface area contributed by atoms with Gasteiger partial charge in [0.05, 0.1) is 3.79 Å². The molecule has 5 heteroatoms. The molecule has 2 rings (SSSR count). The first kappa shape index (κ1) is 13.9. The summed E-state index contributed by atoms with van der Waals surface area (Å²) >= 11 is 5.11. The van der Waals surface area contributed by atoms with Crippen molar-refractivity contribution >= 4 is 33.3 Å². The minimum Gasteiger partial charge on any atom is -0.324 e. The molecule has 0 aromatic carbocycles. The highest BCUT2D eigenvalue weighted by molar-refractivity contribution is 9.11. The van der Waals surface area contributed by atoms with E-state index in [-0.39, 0.29) is 6.03 Å². The molecular formula is C13H19BrN2OS. The lowest BCUT2D eigenvalue weighted by Gasteiger charge is -2.34. The van der Waals surface area contributed by atoms with E-state index in [0.29, 0.717) is 12.5 Å². The van der Waals surface area contributed by atoms with Crippen LogP contribution in [0.15, 0.2) is 15.2 Å². The monoisotopic (exact) mass is 330 g/mol. The zero-order chi connectivity index (χ0) is 13.1. The van der Waals surface area contributed by atoms with Gasteiger partial charge in [0.15, 0.2) is 0 Å². The van der Waals surface area contributed by atoms with Crippen LogP contribution in [0, 0.1) is 5.92 Å². The van der Waals surface area contributed by atoms with E-state index in [2.05, 4.69) is 34.3 Å². The van der Waals surface area contributed by atoms with E-state index in [9.17, 15) is 4.79 Å². The summed E-state index contributed by atoms with van der Waals surface area (Å²) in [4.78, 5) is 16.1. The van der Waals surface area contributed by atoms with Crippen LogP contribution in [0.1, 0.15) is 25.3 Å². The number of likely N-dealkylation sites (tertiary alicyclic amines) is 1. The smallest absolute Gasteiger partial charge is 0.320 e. The summed E-state index contributed by atoms with van der Waals surface area (Å²) in [5.74, 6) is 0.631. The van der Waals surface area contributed by atoms with Crippen molar-refractivity contribution in [1.82, 2.24) is 9.80 Å². The second-order valence-corrected chi connectivity index (χ2v) is 7.38. The Hall–Kier alpha value is -0.550. The fourth-order valence-electron chi connectivity index (χ4n) is 2.37. The quantitative estimate of drug-likeness (QED) is 0.809. The van der Waals surface area contributed by atoms with Crippen LogP contribution < -0.4 is 0 Å². The molecule has 1 aromatic rings. The third-order valence-electron chi connectivity index (χ3n) is 3.30. The first-order valence-corrected chi connectivity index (χ1v) is 7.96. The van der Waals surface area contributed by atoms with Crippen molar-refractivity contribution in [3.63, 3.8) is 0 Å². The van der Waals surface area contributed by atoms with Gasteiger partial charge in [-0.05, 0) is 51.7 Å². The SMILES string of the molecule is CC1CCCN(C(=O)N(C)Cc2csc(Br)c2)C1. The standard InChI is InChI=1S/C13H19BrN2OS/c1-10-4-3-5-16(7-10)13(17)15(2)8-11-6-12(14)18-9-11/h6,9-10H,3-5,7-8H2,1-2H3. The molecule has 100 valence electrons. The predicted octanol–water partition coefficient (Wildman–Crippen LogP) is 3.79. The lowest BCUT2D eigenvalue weighted by Crippen LogP contribution is -2.45. The van der Waals surface area contributed by atoms with Gasteiger partial charge in [0.2, 0.25) is 0 Å². The Bertz CT molecular complexity index is 421. The van der Waals surface area contributed by atoms with E-state index >= 15 is 0 Å². The molecule has 1 saturated heterocycles. The molecule has 1 aliphatic heterocycles. The molecule has 2 amide bonds. The Morgan fingerprint density at radius 1 is 1.67 bits per heavy atom. The summed E-state index contributed by atoms with van der Waals surface area (Å²) in [5.41, 5.74) is 1.19. The molecule has 0 N–H and O–H groups in total. The lowest BCUT2D eigenvalue weighted by molar-refractivity contribution is 0.137. The van der Waals surface area contributed by atoms with Gasteiger partial charge >= 0.3 is 6.03 Å². The molecule has 1 unspecified atom stereocenters. The van der Waals surface area contributed by atoms with Gasteiger partial charge in [-0.2, -0.15) is 0 Å². The van der Waals surface area contributed by atoms with E-state index < -0.39 is 0 Å². The third-order valence-corrected chi connectivity index (χ3v) is 4.85. The van der Waals surface area contributed by atoms with Crippen LogP contribution >= 0.6 is 27.3 Å². The number of rotatable bonds is 2. The van der Waals surface area contributed by atoms with Gasteiger partial charge in [-0.15, -0.1) is 11.3 Å². The topological polar surface area (TPSA) is 23.6 Å². The van der Waals surface area contributed by atoms with Gasteiger partial charge in [-0.3, -0.25) is 0 Å². The normalized spacial score (nSPS) is 19.9. The number of hydrogen-bond donors (Lipinski definition) is 0. The second kappa shape index (κ2) is 6.06. The van der Waals surface area contributed by atoms with Crippen LogP contribution in [0.25, 0.3) is 0 Å². The van der Waals surface area contributed by atoms with Crippen molar-refractivity contribution in [1.29, 1.82) is 0 Å². The average Bonchev–Trinajstić information content (AvgIpc) is 2.73. The predicted molar refractivity (Wildman–Crippen MR) is 78.9 cm³/mol. The van der Waals surface area contributed by atoms with Gasteiger partial charge < -0.3 is 9.80 Å². The van der Waals surface area contributed by atoms with Crippen molar-refractivity contribution in [2.24, 2.45) is 5.92 Å². The maximum atomic E-state index is 12.3. The number of amides is 2. The molecule has 0 radical (unpaired) electrons. The summed E-state index contributed by atoms with van der Waals surface area (Å²) in [7, 11) is 1.88. The van der Waals surface area contributed by atoms with Gasteiger partial charge in [-0.1, -0.05) is 6.92 Å². The van der Waals surface area contributed by atoms with Gasteiger partial charge in [-0.25, -0.2) is 4.79 Å². The van der Waals surface area contributed by atoms with E-state index in [0.717, 1.165) is 23.3 Å². The highest BCUT2D eigenvalue weighted by Crippen LogP contribution is 2.22. The van der Waals surface area contributed by atoms with Crippen molar-refractivity contribution in [2.75, 3.05) is 20.1 Å². The number of carbonyl (C=O) groups excluding carboxylic acids is 1. The molecule has 1 aromatic heterocycles. The average molecular weight is 331 g/mol. The summed E-state index contributed by atoms with van der Waals surface area (Å²) < 4.78 is 1.12. The second-order valence-electron chi connectivity index (χ2n) is 5.09. The van der Waals surface area contributed by atoms with Crippen LogP contribution in [0.2, 0.25) is 0 Å². The largest absolute Gasteiger partial charge is 0.324 e. The first-order valence-electron chi connectivity index (χ1n) is 6.29. The van der Waals surface area contributed by atoms with Gasteiger partial charge in [0, 0.05) is 26.7 Å². The maximum Gasteiger partial charge on any atom is 0.320 e. The summed E-state index contributed by atoms with van der Waals surface area (Å²) in [6, 6.07) is 2.23. The van der Waals surface area contributed by atoms with Crippen molar-refractivity contribution in [3.05, 3.63) is 20.8 Å². The lowest BCUT2D eigenvalue weighted by atomic mass is 10.0. The van der Waals surface area contributed by atoms with Crippen molar-refractivity contribution in [2.45, 2.75) is 26.3 Å². The minimum absolute atomic E-state index is 0.156. The summed E-state index contributed by atoms with van der Waals surface area (Å²) in [6.45, 7) is 4.71. The van der Waals surface area contributed by atoms with E-state index in [1.165, 1.54) is 12.0 Å². The molecule has 0 bridgehead atoms. The molecule has 1 aliphatic rings. The third kappa shape index (κ3) is 3.48. The number of nitrogens with zero attached hydrogens (tertiary/aromatic N) is 2. The highest BCUT2D eigenvalue weighted by atomic mass is 79.9. The highest BCUT2D eigenvalue weighted by Gasteiger charge is 2.23. The number of thiophene rings is 1. The molecule has 0 saturated carbocycles. The van der Waals surface area contributed by atoms with Gasteiger partial charge in [0.1, 0.15) is 0 Å². The Kier molecular flexibility index (Phi) is 4.67. The number of piperidine rings is 1. The summed E-state index contributed by atoms with van der Waals surface area (Å²) in [6.07, 6.45) is 2.37. The zero-order valence-electron chi connectivity index (χ0n) is 10.9. The van der Waals surface area contributed by atoms with E-state index in [4.69, 9.17) is 0 Å². The Labute approximate surface area is 121 Å². The first-order chi connectivity index (χ1) is 8.56. The number of hydrogen-bond acceptors (Lipinski definition) is 2. The van der Waals surface area contributed by atoms with Crippen LogP contribution in [-0.4, -0.2) is 36.0 Å². The summed E-state index contributed by atoms with van der Waals surface area (Å²) in [5, 5.41) is 2.09. The van der Waals surface area contributed by atoms with Crippen molar-refractivity contribution < 1.29 is 4.79 Å². The van der Waals surface area contributed by atoms with E-state index in [1.54, 1.807) is 11.3 Å². The molecule has 2 heterocycles. The molecular weight excluding hydrogens is 312 g/mol. The van der Waals surface area contributed by atoms with Gasteiger partial charge in [0.25, 0.3) is 0 Å². The number of carbonyl (C=O) groups is 1.